The fourth-order valence-corrected chi connectivity index (χ4v) is 2.87. The largest absolute Gasteiger partial charge is 0.403 e. The minimum absolute atomic E-state index is 0.129. The Balaban J connectivity index is 4.76. The van der Waals surface area contributed by atoms with E-state index in [1.54, 1.807) is 20.8 Å². The first-order valence-electron chi connectivity index (χ1n) is 4.54. The Bertz CT molecular complexity index is 222. The van der Waals surface area contributed by atoms with Gasteiger partial charge in [-0.15, -0.1) is 0 Å². The van der Waals surface area contributed by atoms with Gasteiger partial charge in [0.25, 0.3) is 0 Å². The summed E-state index contributed by atoms with van der Waals surface area (Å²) in [5.41, 5.74) is 0. The summed E-state index contributed by atoms with van der Waals surface area (Å²) in [6.45, 7) is 5.11. The van der Waals surface area contributed by atoms with E-state index in [1.807, 2.05) is 0 Å². The highest BCUT2D eigenvalue weighted by atomic mass is 31.2. The zero-order valence-corrected chi connectivity index (χ0v) is 9.53. The maximum absolute atomic E-state index is 11.9. The SMILES string of the molecule is CCOP(=O)(OCC)[C@@H](CC)[N+](=O)[O-]. The lowest BCUT2D eigenvalue weighted by molar-refractivity contribution is -0.501. The van der Waals surface area contributed by atoms with Crippen molar-refractivity contribution in [2.45, 2.75) is 33.0 Å². The topological polar surface area (TPSA) is 78.7 Å². The summed E-state index contributed by atoms with van der Waals surface area (Å²) in [6.07, 6.45) is 0.129. The van der Waals surface area contributed by atoms with Crippen molar-refractivity contribution in [1.82, 2.24) is 0 Å². The van der Waals surface area contributed by atoms with Crippen LogP contribution in [0.5, 0.6) is 0 Å². The zero-order chi connectivity index (χ0) is 11.2. The zero-order valence-electron chi connectivity index (χ0n) is 8.63. The van der Waals surface area contributed by atoms with Crippen LogP contribution in [0.3, 0.4) is 0 Å². The van der Waals surface area contributed by atoms with Gasteiger partial charge >= 0.3 is 13.4 Å². The smallest absolute Gasteiger partial charge is 0.304 e. The summed E-state index contributed by atoms with van der Waals surface area (Å²) in [5, 5.41) is 10.6. The van der Waals surface area contributed by atoms with Crippen LogP contribution >= 0.6 is 7.60 Å². The van der Waals surface area contributed by atoms with Crippen LogP contribution in [-0.4, -0.2) is 23.9 Å². The molecule has 0 aromatic heterocycles. The van der Waals surface area contributed by atoms with E-state index in [0.717, 1.165) is 0 Å². The lowest BCUT2D eigenvalue weighted by atomic mass is 10.5. The van der Waals surface area contributed by atoms with E-state index in [0.29, 0.717) is 0 Å². The molecule has 0 aromatic carbocycles. The minimum Gasteiger partial charge on any atom is -0.304 e. The second kappa shape index (κ2) is 6.11. The molecule has 0 aliphatic heterocycles. The molecule has 0 aromatic rings. The van der Waals surface area contributed by atoms with Gasteiger partial charge in [0.2, 0.25) is 0 Å². The summed E-state index contributed by atoms with van der Waals surface area (Å²) in [4.78, 5) is 10.00. The summed E-state index contributed by atoms with van der Waals surface area (Å²) in [7, 11) is -3.58. The molecular formula is C7H16NO5P. The van der Waals surface area contributed by atoms with Gasteiger partial charge in [-0.1, -0.05) is 6.92 Å². The Labute approximate surface area is 83.3 Å². The van der Waals surface area contributed by atoms with E-state index >= 15 is 0 Å². The molecule has 0 saturated heterocycles. The van der Waals surface area contributed by atoms with Gasteiger partial charge < -0.3 is 9.05 Å². The van der Waals surface area contributed by atoms with E-state index in [9.17, 15) is 14.7 Å². The van der Waals surface area contributed by atoms with Crippen LogP contribution in [0.15, 0.2) is 0 Å². The second-order valence-electron chi connectivity index (χ2n) is 2.55. The second-order valence-corrected chi connectivity index (χ2v) is 4.74. The molecule has 0 heterocycles. The molecule has 0 rings (SSSR count). The molecule has 6 nitrogen and oxygen atoms in total. The van der Waals surface area contributed by atoms with Crippen molar-refractivity contribution >= 4 is 7.60 Å². The van der Waals surface area contributed by atoms with Crippen LogP contribution < -0.4 is 0 Å². The molecule has 0 unspecified atom stereocenters. The highest BCUT2D eigenvalue weighted by molar-refractivity contribution is 7.54. The number of hydrogen-bond donors (Lipinski definition) is 0. The molecule has 0 bridgehead atoms. The predicted molar refractivity (Wildman–Crippen MR) is 51.9 cm³/mol. The molecule has 7 heteroatoms. The van der Waals surface area contributed by atoms with Gasteiger partial charge in [-0.3, -0.25) is 14.7 Å². The fourth-order valence-electron chi connectivity index (χ4n) is 1.06. The monoisotopic (exact) mass is 225 g/mol. The van der Waals surface area contributed by atoms with E-state index in [4.69, 9.17) is 9.05 Å². The molecule has 0 fully saturated rings. The normalized spacial score (nSPS) is 13.9. The van der Waals surface area contributed by atoms with Crippen LogP contribution in [0.2, 0.25) is 0 Å². The van der Waals surface area contributed by atoms with Gasteiger partial charge in [0.15, 0.2) is 0 Å². The van der Waals surface area contributed by atoms with Crippen molar-refractivity contribution < 1.29 is 18.5 Å². The van der Waals surface area contributed by atoms with Crippen LogP contribution in [0.4, 0.5) is 0 Å². The third-order valence-electron chi connectivity index (χ3n) is 1.59. The van der Waals surface area contributed by atoms with E-state index in [1.165, 1.54) is 0 Å². The van der Waals surface area contributed by atoms with Crippen molar-refractivity contribution in [3.8, 4) is 0 Å². The number of hydrogen-bond acceptors (Lipinski definition) is 5. The Morgan fingerprint density at radius 1 is 1.29 bits per heavy atom. The highest BCUT2D eigenvalue weighted by Gasteiger charge is 2.43. The summed E-state index contributed by atoms with van der Waals surface area (Å²) in [5.74, 6) is -1.26. The molecule has 14 heavy (non-hydrogen) atoms. The van der Waals surface area contributed by atoms with Crippen molar-refractivity contribution in [2.24, 2.45) is 0 Å². The first-order chi connectivity index (χ1) is 6.51. The maximum atomic E-state index is 11.9. The Morgan fingerprint density at radius 3 is 1.93 bits per heavy atom. The number of nitro groups is 1. The van der Waals surface area contributed by atoms with E-state index in [-0.39, 0.29) is 19.6 Å². The van der Waals surface area contributed by atoms with Crippen LogP contribution in [-0.2, 0) is 13.6 Å². The van der Waals surface area contributed by atoms with Gasteiger partial charge in [-0.2, -0.15) is 0 Å². The Hall–Kier alpha value is -0.450. The molecule has 0 N–H and O–H groups in total. The van der Waals surface area contributed by atoms with Crippen LogP contribution in [0, 0.1) is 10.1 Å². The highest BCUT2D eigenvalue weighted by Crippen LogP contribution is 2.54. The maximum Gasteiger partial charge on any atom is 0.403 e. The van der Waals surface area contributed by atoms with Gasteiger partial charge in [-0.25, -0.2) is 0 Å². The van der Waals surface area contributed by atoms with Gasteiger partial charge in [0.05, 0.1) is 13.2 Å². The van der Waals surface area contributed by atoms with Crippen LogP contribution in [0.1, 0.15) is 27.2 Å². The first kappa shape index (κ1) is 13.5. The lowest BCUT2D eigenvalue weighted by Crippen LogP contribution is -2.21. The van der Waals surface area contributed by atoms with Crippen LogP contribution in [0.25, 0.3) is 0 Å². The van der Waals surface area contributed by atoms with E-state index < -0.39 is 18.3 Å². The number of nitrogens with zero attached hydrogens (tertiary/aromatic N) is 1. The molecular weight excluding hydrogens is 209 g/mol. The average Bonchev–Trinajstić information content (AvgIpc) is 2.04. The molecule has 0 spiro atoms. The molecule has 0 aliphatic carbocycles. The quantitative estimate of drug-likeness (QED) is 0.377. The standard InChI is InChI=1S/C7H16NO5P/c1-4-7(8(9)10)14(11,12-5-2)13-6-3/h7H,4-6H2,1-3H3/t7-/m0/s1. The molecule has 0 saturated carbocycles. The van der Waals surface area contributed by atoms with Gasteiger partial charge in [0, 0.05) is 11.3 Å². The molecule has 84 valence electrons. The molecule has 0 aliphatic rings. The minimum atomic E-state index is -3.58. The fraction of sp³-hybridized carbons (Fsp3) is 1.00. The lowest BCUT2D eigenvalue weighted by Gasteiger charge is -2.18. The third kappa shape index (κ3) is 3.36. The Morgan fingerprint density at radius 2 is 1.71 bits per heavy atom. The van der Waals surface area contributed by atoms with Crippen molar-refractivity contribution in [3.63, 3.8) is 0 Å². The Kier molecular flexibility index (Phi) is 5.92. The first-order valence-corrected chi connectivity index (χ1v) is 6.15. The summed E-state index contributed by atoms with van der Waals surface area (Å²) in [6, 6.07) is 0. The molecule has 0 amide bonds. The van der Waals surface area contributed by atoms with Crippen molar-refractivity contribution in [3.05, 3.63) is 10.1 Å². The van der Waals surface area contributed by atoms with Crippen molar-refractivity contribution in [1.29, 1.82) is 0 Å². The predicted octanol–water partition coefficient (Wildman–Crippen LogP) is 2.27. The third-order valence-corrected chi connectivity index (χ3v) is 4.11. The van der Waals surface area contributed by atoms with Crippen molar-refractivity contribution in [2.75, 3.05) is 13.2 Å². The molecule has 0 radical (unpaired) electrons. The van der Waals surface area contributed by atoms with Gasteiger partial charge in [0.1, 0.15) is 0 Å². The average molecular weight is 225 g/mol. The van der Waals surface area contributed by atoms with Gasteiger partial charge in [-0.05, 0) is 13.8 Å². The summed E-state index contributed by atoms with van der Waals surface area (Å²) < 4.78 is 21.7. The number of rotatable bonds is 7. The molecule has 1 atom stereocenters. The summed E-state index contributed by atoms with van der Waals surface area (Å²) >= 11 is 0. The van der Waals surface area contributed by atoms with E-state index in [2.05, 4.69) is 0 Å².